The van der Waals surface area contributed by atoms with Crippen molar-refractivity contribution in [3.63, 3.8) is 0 Å². The van der Waals surface area contributed by atoms with E-state index in [1.807, 2.05) is 14.0 Å². The molecule has 106 valence electrons. The second-order valence-corrected chi connectivity index (χ2v) is 4.96. The Balaban J connectivity index is 1.91. The van der Waals surface area contributed by atoms with Crippen molar-refractivity contribution in [2.75, 3.05) is 18.5 Å². The first-order valence-electron chi connectivity index (χ1n) is 6.63. The first kappa shape index (κ1) is 14.5. The highest BCUT2D eigenvalue weighted by molar-refractivity contribution is 5.46. The number of hydrogen-bond donors (Lipinski definition) is 1. The van der Waals surface area contributed by atoms with E-state index in [0.29, 0.717) is 18.7 Å². The number of anilines is 1. The number of aliphatic hydroxyl groups is 1. The quantitative estimate of drug-likeness (QED) is 0.910. The molecule has 4 heteroatoms. The molecule has 0 fully saturated rings. The van der Waals surface area contributed by atoms with Crippen LogP contribution in [0.2, 0.25) is 0 Å². The Labute approximate surface area is 118 Å². The van der Waals surface area contributed by atoms with E-state index in [-0.39, 0.29) is 0 Å². The van der Waals surface area contributed by atoms with Crippen LogP contribution >= 0.6 is 0 Å². The van der Waals surface area contributed by atoms with Crippen LogP contribution in [0.4, 0.5) is 10.1 Å². The van der Waals surface area contributed by atoms with Gasteiger partial charge in [0, 0.05) is 19.3 Å². The van der Waals surface area contributed by atoms with Gasteiger partial charge in [0.25, 0.3) is 0 Å². The first-order chi connectivity index (χ1) is 9.56. The fraction of sp³-hybridized carbons (Fsp3) is 0.312. The lowest BCUT2D eigenvalue weighted by molar-refractivity contribution is 0.165. The zero-order valence-electron chi connectivity index (χ0n) is 11.8. The van der Waals surface area contributed by atoms with Gasteiger partial charge in [-0.2, -0.15) is 0 Å². The van der Waals surface area contributed by atoms with E-state index in [9.17, 15) is 9.50 Å². The highest BCUT2D eigenvalue weighted by Crippen LogP contribution is 2.18. The van der Waals surface area contributed by atoms with Crippen molar-refractivity contribution in [3.8, 4) is 0 Å². The zero-order valence-corrected chi connectivity index (χ0v) is 11.8. The molecule has 20 heavy (non-hydrogen) atoms. The molecule has 0 bridgehead atoms. The summed E-state index contributed by atoms with van der Waals surface area (Å²) in [7, 11) is 1.98. The van der Waals surface area contributed by atoms with Crippen LogP contribution in [-0.4, -0.2) is 23.7 Å². The number of benzene rings is 1. The lowest BCUT2D eigenvalue weighted by Gasteiger charge is -2.21. The van der Waals surface area contributed by atoms with E-state index >= 15 is 0 Å². The molecule has 0 amide bonds. The van der Waals surface area contributed by atoms with E-state index in [1.165, 1.54) is 17.7 Å². The van der Waals surface area contributed by atoms with Crippen molar-refractivity contribution in [2.24, 2.45) is 0 Å². The molecule has 0 aliphatic rings. The molecule has 2 aromatic rings. The van der Waals surface area contributed by atoms with Crippen LogP contribution in [0.3, 0.4) is 0 Å². The van der Waals surface area contributed by atoms with E-state index in [4.69, 9.17) is 0 Å². The molecule has 1 atom stereocenters. The fourth-order valence-electron chi connectivity index (χ4n) is 1.98. The Morgan fingerprint density at radius 3 is 2.50 bits per heavy atom. The summed E-state index contributed by atoms with van der Waals surface area (Å²) < 4.78 is 12.8. The number of aliphatic hydroxyl groups excluding tert-OH is 1. The van der Waals surface area contributed by atoms with Crippen LogP contribution in [0.25, 0.3) is 0 Å². The van der Waals surface area contributed by atoms with Crippen molar-refractivity contribution in [3.05, 3.63) is 59.7 Å². The van der Waals surface area contributed by atoms with Crippen LogP contribution < -0.4 is 4.90 Å². The molecule has 1 aromatic carbocycles. The molecule has 1 heterocycles. The highest BCUT2D eigenvalue weighted by Gasteiger charge is 2.10. The molecular formula is C16H19FN2O. The van der Waals surface area contributed by atoms with Gasteiger partial charge >= 0.3 is 0 Å². The van der Waals surface area contributed by atoms with Gasteiger partial charge in [-0.05, 0) is 37.6 Å². The Hall–Kier alpha value is -1.94. The SMILES string of the molecule is Cc1ccc(N(C)CCC(O)c2ccc(F)cn2)cc1. The minimum Gasteiger partial charge on any atom is -0.387 e. The monoisotopic (exact) mass is 274 g/mol. The number of aryl methyl sites for hydroxylation is 1. The molecule has 2 rings (SSSR count). The van der Waals surface area contributed by atoms with Crippen LogP contribution in [0, 0.1) is 12.7 Å². The number of halogens is 1. The summed E-state index contributed by atoms with van der Waals surface area (Å²) in [6.07, 6.45) is 0.995. The summed E-state index contributed by atoms with van der Waals surface area (Å²) in [5.74, 6) is -0.391. The molecule has 0 aliphatic carbocycles. The van der Waals surface area contributed by atoms with Crippen LogP contribution in [0.1, 0.15) is 23.8 Å². The molecule has 1 unspecified atom stereocenters. The summed E-state index contributed by atoms with van der Waals surface area (Å²) in [6, 6.07) is 11.1. The van der Waals surface area contributed by atoms with Gasteiger partial charge in [-0.25, -0.2) is 4.39 Å². The predicted molar refractivity (Wildman–Crippen MR) is 78.2 cm³/mol. The summed E-state index contributed by atoms with van der Waals surface area (Å²) in [5, 5.41) is 10.0. The minimum atomic E-state index is -0.677. The molecule has 0 aliphatic heterocycles. The number of hydrogen-bond acceptors (Lipinski definition) is 3. The normalized spacial score (nSPS) is 12.2. The van der Waals surface area contributed by atoms with Crippen molar-refractivity contribution < 1.29 is 9.50 Å². The second kappa shape index (κ2) is 6.48. The minimum absolute atomic E-state index is 0.391. The number of rotatable bonds is 5. The maximum Gasteiger partial charge on any atom is 0.141 e. The molecule has 0 radical (unpaired) electrons. The van der Waals surface area contributed by atoms with Gasteiger partial charge in [0.05, 0.1) is 18.0 Å². The second-order valence-electron chi connectivity index (χ2n) is 4.96. The molecule has 1 N–H and O–H groups in total. The average Bonchev–Trinajstić information content (AvgIpc) is 2.46. The molecule has 3 nitrogen and oxygen atoms in total. The van der Waals surface area contributed by atoms with Gasteiger partial charge in [0.2, 0.25) is 0 Å². The summed E-state index contributed by atoms with van der Waals surface area (Å²) in [4.78, 5) is 5.97. The topological polar surface area (TPSA) is 36.4 Å². The van der Waals surface area contributed by atoms with Gasteiger partial charge in [-0.15, -0.1) is 0 Å². The predicted octanol–water partition coefficient (Wildman–Crippen LogP) is 3.09. The van der Waals surface area contributed by atoms with Crippen molar-refractivity contribution >= 4 is 5.69 Å². The Morgan fingerprint density at radius 1 is 1.20 bits per heavy atom. The third-order valence-electron chi connectivity index (χ3n) is 3.30. The number of aromatic nitrogens is 1. The largest absolute Gasteiger partial charge is 0.387 e. The molecule has 0 saturated heterocycles. The van der Waals surface area contributed by atoms with E-state index in [2.05, 4.69) is 34.1 Å². The molecule has 0 spiro atoms. The average molecular weight is 274 g/mol. The van der Waals surface area contributed by atoms with Crippen molar-refractivity contribution in [1.29, 1.82) is 0 Å². The summed E-state index contributed by atoms with van der Waals surface area (Å²) in [5.41, 5.74) is 2.83. The van der Waals surface area contributed by atoms with Crippen molar-refractivity contribution in [1.82, 2.24) is 4.98 Å². The highest BCUT2D eigenvalue weighted by atomic mass is 19.1. The van der Waals surface area contributed by atoms with Crippen LogP contribution in [-0.2, 0) is 0 Å². The third kappa shape index (κ3) is 3.78. The van der Waals surface area contributed by atoms with Gasteiger partial charge in [-0.1, -0.05) is 17.7 Å². The molecule has 0 saturated carbocycles. The van der Waals surface area contributed by atoms with Gasteiger partial charge < -0.3 is 10.0 Å². The fourth-order valence-corrected chi connectivity index (χ4v) is 1.98. The van der Waals surface area contributed by atoms with Crippen molar-refractivity contribution in [2.45, 2.75) is 19.4 Å². The van der Waals surface area contributed by atoms with Crippen LogP contribution in [0.15, 0.2) is 42.6 Å². The zero-order chi connectivity index (χ0) is 14.5. The lowest BCUT2D eigenvalue weighted by Crippen LogP contribution is -2.20. The molecular weight excluding hydrogens is 255 g/mol. The van der Waals surface area contributed by atoms with Gasteiger partial charge in [0.1, 0.15) is 5.82 Å². The van der Waals surface area contributed by atoms with E-state index < -0.39 is 11.9 Å². The third-order valence-corrected chi connectivity index (χ3v) is 3.30. The number of nitrogens with zero attached hydrogens (tertiary/aromatic N) is 2. The summed E-state index contributed by atoms with van der Waals surface area (Å²) in [6.45, 7) is 2.75. The standard InChI is InChI=1S/C16H19FN2O/c1-12-3-6-14(7-4-12)19(2)10-9-16(20)15-8-5-13(17)11-18-15/h3-8,11,16,20H,9-10H2,1-2H3. The smallest absolute Gasteiger partial charge is 0.141 e. The van der Waals surface area contributed by atoms with E-state index in [0.717, 1.165) is 11.9 Å². The first-order valence-corrected chi connectivity index (χ1v) is 6.63. The summed E-state index contributed by atoms with van der Waals surface area (Å²) >= 11 is 0. The van der Waals surface area contributed by atoms with Gasteiger partial charge in [0.15, 0.2) is 0 Å². The Bertz CT molecular complexity index is 488. The maximum atomic E-state index is 12.8. The van der Waals surface area contributed by atoms with Gasteiger partial charge in [-0.3, -0.25) is 4.98 Å². The van der Waals surface area contributed by atoms with Crippen LogP contribution in [0.5, 0.6) is 0 Å². The number of pyridine rings is 1. The van der Waals surface area contributed by atoms with E-state index in [1.54, 1.807) is 0 Å². The maximum absolute atomic E-state index is 12.8. The Morgan fingerprint density at radius 2 is 1.90 bits per heavy atom. The lowest BCUT2D eigenvalue weighted by atomic mass is 10.1. The Kier molecular flexibility index (Phi) is 4.69. The molecule has 1 aromatic heterocycles.